The molecular formula is C17H18Cl2N2S. The van der Waals surface area contributed by atoms with Crippen molar-refractivity contribution < 1.29 is 0 Å². The van der Waals surface area contributed by atoms with E-state index in [0.29, 0.717) is 21.7 Å². The molecule has 5 heteroatoms. The van der Waals surface area contributed by atoms with E-state index in [0.717, 1.165) is 17.7 Å². The van der Waals surface area contributed by atoms with Crippen LogP contribution in [-0.4, -0.2) is 17.1 Å². The number of thiocarbonyl (C=S) groups is 1. The first-order valence-electron chi connectivity index (χ1n) is 7.04. The van der Waals surface area contributed by atoms with Gasteiger partial charge in [0.05, 0.1) is 10.0 Å². The average Bonchev–Trinajstić information content (AvgIpc) is 2.51. The Morgan fingerprint density at radius 2 is 1.68 bits per heavy atom. The maximum Gasteiger partial charge on any atom is 0.173 e. The predicted molar refractivity (Wildman–Crippen MR) is 100.0 cm³/mol. The minimum absolute atomic E-state index is 0.557. The number of anilines is 1. The molecule has 0 fully saturated rings. The number of rotatable bonds is 4. The summed E-state index contributed by atoms with van der Waals surface area (Å²) in [5, 5.41) is 5.02. The van der Waals surface area contributed by atoms with Crippen LogP contribution in [0, 0.1) is 0 Å². The van der Waals surface area contributed by atoms with Gasteiger partial charge in [0.15, 0.2) is 5.11 Å². The van der Waals surface area contributed by atoms with Crippen LogP contribution >= 0.6 is 35.4 Å². The number of halogens is 2. The Kier molecular flexibility index (Phi) is 6.07. The van der Waals surface area contributed by atoms with Gasteiger partial charge in [-0.2, -0.15) is 0 Å². The summed E-state index contributed by atoms with van der Waals surface area (Å²) in [5.41, 5.74) is 3.35. The Balaban J connectivity index is 1.97. The SMILES string of the molecule is CCc1ccc(NC(=S)N(C)Cc2ccc(Cl)c(Cl)c2)cc1. The second kappa shape index (κ2) is 7.82. The highest BCUT2D eigenvalue weighted by molar-refractivity contribution is 7.80. The fourth-order valence-electron chi connectivity index (χ4n) is 2.03. The number of nitrogens with zero attached hydrogens (tertiary/aromatic N) is 1. The zero-order chi connectivity index (χ0) is 16.1. The van der Waals surface area contributed by atoms with Crippen LogP contribution < -0.4 is 5.32 Å². The molecule has 0 aromatic heterocycles. The van der Waals surface area contributed by atoms with Crippen molar-refractivity contribution in [3.8, 4) is 0 Å². The monoisotopic (exact) mass is 352 g/mol. The summed E-state index contributed by atoms with van der Waals surface area (Å²) in [6.45, 7) is 2.80. The normalized spacial score (nSPS) is 10.4. The molecule has 0 aliphatic heterocycles. The van der Waals surface area contributed by atoms with Gasteiger partial charge in [0, 0.05) is 19.3 Å². The number of benzene rings is 2. The van der Waals surface area contributed by atoms with Crippen molar-refractivity contribution in [1.82, 2.24) is 4.90 Å². The van der Waals surface area contributed by atoms with E-state index in [-0.39, 0.29) is 0 Å². The van der Waals surface area contributed by atoms with Crippen molar-refractivity contribution in [3.05, 3.63) is 63.6 Å². The van der Waals surface area contributed by atoms with Crippen LogP contribution in [0.1, 0.15) is 18.1 Å². The molecule has 0 spiro atoms. The van der Waals surface area contributed by atoms with Gasteiger partial charge in [-0.1, -0.05) is 48.3 Å². The van der Waals surface area contributed by atoms with Crippen molar-refractivity contribution in [2.75, 3.05) is 12.4 Å². The highest BCUT2D eigenvalue weighted by atomic mass is 35.5. The first-order valence-corrected chi connectivity index (χ1v) is 8.21. The summed E-state index contributed by atoms with van der Waals surface area (Å²) in [6, 6.07) is 13.9. The first kappa shape index (κ1) is 17.1. The molecule has 0 amide bonds. The summed E-state index contributed by atoms with van der Waals surface area (Å²) in [4.78, 5) is 1.96. The van der Waals surface area contributed by atoms with Crippen molar-refractivity contribution in [2.24, 2.45) is 0 Å². The van der Waals surface area contributed by atoms with Gasteiger partial charge >= 0.3 is 0 Å². The van der Waals surface area contributed by atoms with E-state index in [9.17, 15) is 0 Å². The summed E-state index contributed by atoms with van der Waals surface area (Å²) >= 11 is 17.4. The third-order valence-electron chi connectivity index (χ3n) is 3.36. The van der Waals surface area contributed by atoms with Gasteiger partial charge in [0.2, 0.25) is 0 Å². The lowest BCUT2D eigenvalue weighted by atomic mass is 10.1. The third-order valence-corrected chi connectivity index (χ3v) is 4.52. The maximum absolute atomic E-state index is 6.04. The Morgan fingerprint density at radius 3 is 2.27 bits per heavy atom. The Bertz CT molecular complexity index is 656. The standard InChI is InChI=1S/C17H18Cl2N2S/c1-3-12-4-7-14(8-5-12)20-17(22)21(2)11-13-6-9-15(18)16(19)10-13/h4-10H,3,11H2,1-2H3,(H,20,22). The van der Waals surface area contributed by atoms with Crippen LogP contribution in [0.3, 0.4) is 0 Å². The molecule has 2 rings (SSSR count). The van der Waals surface area contributed by atoms with E-state index in [4.69, 9.17) is 35.4 Å². The largest absolute Gasteiger partial charge is 0.348 e. The predicted octanol–water partition coefficient (Wildman–Crippen LogP) is 5.38. The summed E-state index contributed by atoms with van der Waals surface area (Å²) < 4.78 is 0. The summed E-state index contributed by atoms with van der Waals surface area (Å²) in [5.74, 6) is 0. The zero-order valence-electron chi connectivity index (χ0n) is 12.6. The first-order chi connectivity index (χ1) is 10.5. The molecule has 22 heavy (non-hydrogen) atoms. The van der Waals surface area contributed by atoms with Crippen molar-refractivity contribution in [3.63, 3.8) is 0 Å². The van der Waals surface area contributed by atoms with Crippen LogP contribution in [0.25, 0.3) is 0 Å². The van der Waals surface area contributed by atoms with Crippen LogP contribution in [0.4, 0.5) is 5.69 Å². The molecule has 0 bridgehead atoms. The minimum Gasteiger partial charge on any atom is -0.348 e. The molecule has 116 valence electrons. The van der Waals surface area contributed by atoms with E-state index in [1.54, 1.807) is 6.07 Å². The molecule has 2 aromatic rings. The number of aryl methyl sites for hydroxylation is 1. The van der Waals surface area contributed by atoms with Gasteiger partial charge in [-0.05, 0) is 54.0 Å². The lowest BCUT2D eigenvalue weighted by Crippen LogP contribution is -2.30. The Hall–Kier alpha value is -1.29. The van der Waals surface area contributed by atoms with Gasteiger partial charge in [-0.3, -0.25) is 0 Å². The van der Waals surface area contributed by atoms with Crippen LogP contribution in [0.5, 0.6) is 0 Å². The molecular weight excluding hydrogens is 335 g/mol. The third kappa shape index (κ3) is 4.60. The van der Waals surface area contributed by atoms with Crippen molar-refractivity contribution >= 4 is 46.2 Å². The summed E-state index contributed by atoms with van der Waals surface area (Å²) in [7, 11) is 1.94. The molecule has 2 nitrogen and oxygen atoms in total. The fraction of sp³-hybridized carbons (Fsp3) is 0.235. The number of hydrogen-bond donors (Lipinski definition) is 1. The van der Waals surface area contributed by atoms with E-state index < -0.39 is 0 Å². The molecule has 0 saturated heterocycles. The van der Waals surface area contributed by atoms with E-state index in [1.807, 2.05) is 36.2 Å². The molecule has 0 aliphatic rings. The molecule has 2 aromatic carbocycles. The fourth-order valence-corrected chi connectivity index (χ4v) is 2.53. The van der Waals surface area contributed by atoms with Gasteiger partial charge < -0.3 is 10.2 Å². The molecule has 0 aliphatic carbocycles. The van der Waals surface area contributed by atoms with Crippen LogP contribution in [0.2, 0.25) is 10.0 Å². The molecule has 1 N–H and O–H groups in total. The Morgan fingerprint density at radius 1 is 1.05 bits per heavy atom. The molecule has 0 saturated carbocycles. The van der Waals surface area contributed by atoms with E-state index >= 15 is 0 Å². The smallest absolute Gasteiger partial charge is 0.173 e. The van der Waals surface area contributed by atoms with Crippen molar-refractivity contribution in [1.29, 1.82) is 0 Å². The lowest BCUT2D eigenvalue weighted by Gasteiger charge is -2.21. The maximum atomic E-state index is 6.04. The van der Waals surface area contributed by atoms with Gasteiger partial charge in [0.25, 0.3) is 0 Å². The second-order valence-corrected chi connectivity index (χ2v) is 6.29. The highest BCUT2D eigenvalue weighted by Gasteiger charge is 2.07. The van der Waals surface area contributed by atoms with Gasteiger partial charge in [-0.25, -0.2) is 0 Å². The van der Waals surface area contributed by atoms with E-state index in [1.165, 1.54) is 5.56 Å². The zero-order valence-corrected chi connectivity index (χ0v) is 14.9. The number of nitrogens with one attached hydrogen (secondary N) is 1. The van der Waals surface area contributed by atoms with E-state index in [2.05, 4.69) is 24.4 Å². The van der Waals surface area contributed by atoms with Crippen LogP contribution in [-0.2, 0) is 13.0 Å². The minimum atomic E-state index is 0.557. The van der Waals surface area contributed by atoms with Gasteiger partial charge in [-0.15, -0.1) is 0 Å². The Labute approximate surface area is 147 Å². The number of hydrogen-bond acceptors (Lipinski definition) is 1. The quantitative estimate of drug-likeness (QED) is 0.743. The topological polar surface area (TPSA) is 15.3 Å². The molecule has 0 radical (unpaired) electrons. The molecule has 0 atom stereocenters. The average molecular weight is 353 g/mol. The lowest BCUT2D eigenvalue weighted by molar-refractivity contribution is 0.508. The molecule has 0 unspecified atom stereocenters. The highest BCUT2D eigenvalue weighted by Crippen LogP contribution is 2.23. The second-order valence-electron chi connectivity index (χ2n) is 5.09. The summed E-state index contributed by atoms with van der Waals surface area (Å²) in [6.07, 6.45) is 1.03. The molecule has 0 heterocycles. The van der Waals surface area contributed by atoms with Gasteiger partial charge in [0.1, 0.15) is 0 Å². The van der Waals surface area contributed by atoms with Crippen molar-refractivity contribution in [2.45, 2.75) is 19.9 Å². The van der Waals surface area contributed by atoms with Crippen LogP contribution in [0.15, 0.2) is 42.5 Å².